The van der Waals surface area contributed by atoms with Gasteiger partial charge in [0.2, 0.25) is 12.3 Å². The lowest BCUT2D eigenvalue weighted by atomic mass is 9.78. The molecule has 31 heavy (non-hydrogen) atoms. The van der Waals surface area contributed by atoms with Gasteiger partial charge < -0.3 is 20.4 Å². The molecule has 1 spiro atoms. The van der Waals surface area contributed by atoms with Crippen LogP contribution in [0.2, 0.25) is 0 Å². The van der Waals surface area contributed by atoms with Gasteiger partial charge in [0, 0.05) is 31.9 Å². The molecule has 170 valence electrons. The number of carbonyl (C=O) groups is 3. The molecule has 2 saturated heterocycles. The molecule has 1 aromatic rings. The average Bonchev–Trinajstić information content (AvgIpc) is 3.16. The van der Waals surface area contributed by atoms with Crippen molar-refractivity contribution in [2.45, 2.75) is 45.6 Å². The number of likely N-dealkylation sites (tertiary alicyclic amines) is 2. The molecule has 0 aromatic heterocycles. The van der Waals surface area contributed by atoms with E-state index < -0.39 is 6.04 Å². The standard InChI is InChI=1S/C23H34N4O3S/c1-17-4-5-19(18(2)14-17)25-22(30)26-10-7-23(8-11-26)9-12-27(15-23)21(29)20(24-16-28)6-13-31-3/h4-5,14,16,20H,6-13,15H2,1-3H3,(H,24,28)(H,25,30)/t20-/m0/s1. The van der Waals surface area contributed by atoms with Gasteiger partial charge in [-0.3, -0.25) is 9.59 Å². The third-order valence-corrected chi connectivity index (χ3v) is 7.31. The summed E-state index contributed by atoms with van der Waals surface area (Å²) in [5.41, 5.74) is 3.17. The highest BCUT2D eigenvalue weighted by molar-refractivity contribution is 7.98. The van der Waals surface area contributed by atoms with E-state index in [4.69, 9.17) is 0 Å². The average molecular weight is 447 g/mol. The molecule has 2 N–H and O–H groups in total. The molecule has 3 rings (SSSR count). The van der Waals surface area contributed by atoms with E-state index in [1.807, 2.05) is 42.0 Å². The maximum atomic E-state index is 12.9. The van der Waals surface area contributed by atoms with Crippen LogP contribution in [0.1, 0.15) is 36.8 Å². The van der Waals surface area contributed by atoms with Gasteiger partial charge in [-0.05, 0) is 68.6 Å². The van der Waals surface area contributed by atoms with Gasteiger partial charge in [0.05, 0.1) is 0 Å². The van der Waals surface area contributed by atoms with Gasteiger partial charge in [-0.2, -0.15) is 11.8 Å². The van der Waals surface area contributed by atoms with Crippen molar-refractivity contribution in [3.8, 4) is 0 Å². The summed E-state index contributed by atoms with van der Waals surface area (Å²) < 4.78 is 0. The van der Waals surface area contributed by atoms with Gasteiger partial charge in [-0.1, -0.05) is 17.7 Å². The first-order valence-corrected chi connectivity index (χ1v) is 12.4. The number of amides is 4. The number of hydrogen-bond acceptors (Lipinski definition) is 4. The minimum absolute atomic E-state index is 0.0213. The van der Waals surface area contributed by atoms with Crippen molar-refractivity contribution in [1.29, 1.82) is 0 Å². The van der Waals surface area contributed by atoms with Crippen LogP contribution < -0.4 is 10.6 Å². The molecule has 2 heterocycles. The summed E-state index contributed by atoms with van der Waals surface area (Å²) in [4.78, 5) is 40.4. The van der Waals surface area contributed by atoms with Crippen molar-refractivity contribution >= 4 is 35.8 Å². The number of nitrogens with one attached hydrogen (secondary N) is 2. The van der Waals surface area contributed by atoms with Crippen molar-refractivity contribution in [3.63, 3.8) is 0 Å². The fourth-order valence-corrected chi connectivity index (χ4v) is 5.15. The number of aryl methyl sites for hydroxylation is 2. The Hall–Kier alpha value is -2.22. The SMILES string of the molecule is CSCC[C@H](NC=O)C(=O)N1CCC2(CCN(C(=O)Nc3ccc(C)cc3C)CC2)C1. The van der Waals surface area contributed by atoms with Crippen molar-refractivity contribution in [1.82, 2.24) is 15.1 Å². The molecular weight excluding hydrogens is 412 g/mol. The van der Waals surface area contributed by atoms with E-state index in [0.717, 1.165) is 42.8 Å². The van der Waals surface area contributed by atoms with E-state index in [-0.39, 0.29) is 17.4 Å². The molecule has 2 aliphatic rings. The van der Waals surface area contributed by atoms with Gasteiger partial charge in [0.15, 0.2) is 0 Å². The largest absolute Gasteiger partial charge is 0.347 e. The molecule has 0 radical (unpaired) electrons. The Morgan fingerprint density at radius 2 is 1.84 bits per heavy atom. The molecule has 0 unspecified atom stereocenters. The summed E-state index contributed by atoms with van der Waals surface area (Å²) in [6.07, 6.45) is 6.02. The van der Waals surface area contributed by atoms with Gasteiger partial charge in [-0.25, -0.2) is 4.79 Å². The fraction of sp³-hybridized carbons (Fsp3) is 0.609. The molecule has 1 aromatic carbocycles. The second-order valence-corrected chi connectivity index (χ2v) is 9.85. The topological polar surface area (TPSA) is 81.8 Å². The number of nitrogens with zero attached hydrogens (tertiary/aromatic N) is 2. The molecule has 7 nitrogen and oxygen atoms in total. The maximum Gasteiger partial charge on any atom is 0.321 e. The monoisotopic (exact) mass is 446 g/mol. The van der Waals surface area contributed by atoms with E-state index in [9.17, 15) is 14.4 Å². The molecule has 4 amide bonds. The Kier molecular flexibility index (Phi) is 7.86. The van der Waals surface area contributed by atoms with Crippen LogP contribution in [0, 0.1) is 19.3 Å². The van der Waals surface area contributed by atoms with Crippen LogP contribution in [0.3, 0.4) is 0 Å². The minimum atomic E-state index is -0.441. The Bertz CT molecular complexity index is 808. The van der Waals surface area contributed by atoms with Crippen LogP contribution in [0.4, 0.5) is 10.5 Å². The number of rotatable bonds is 7. The summed E-state index contributed by atoms with van der Waals surface area (Å²) >= 11 is 1.67. The summed E-state index contributed by atoms with van der Waals surface area (Å²) in [5, 5.41) is 5.73. The zero-order valence-electron chi connectivity index (χ0n) is 18.8. The lowest BCUT2D eigenvalue weighted by Gasteiger charge is -2.39. The number of carbonyl (C=O) groups excluding carboxylic acids is 3. The number of benzene rings is 1. The Morgan fingerprint density at radius 1 is 1.16 bits per heavy atom. The van der Waals surface area contributed by atoms with Gasteiger partial charge >= 0.3 is 6.03 Å². The highest BCUT2D eigenvalue weighted by Crippen LogP contribution is 2.40. The highest BCUT2D eigenvalue weighted by Gasteiger charge is 2.43. The second-order valence-electron chi connectivity index (χ2n) is 8.86. The number of hydrogen-bond donors (Lipinski definition) is 2. The number of piperidine rings is 1. The fourth-order valence-electron chi connectivity index (χ4n) is 4.68. The van der Waals surface area contributed by atoms with E-state index in [1.165, 1.54) is 5.56 Å². The predicted octanol–water partition coefficient (Wildman–Crippen LogP) is 3.02. The highest BCUT2D eigenvalue weighted by atomic mass is 32.2. The summed E-state index contributed by atoms with van der Waals surface area (Å²) in [6, 6.07) is 5.53. The molecule has 2 fully saturated rings. The van der Waals surface area contributed by atoms with E-state index in [2.05, 4.69) is 16.7 Å². The van der Waals surface area contributed by atoms with Crippen LogP contribution in [-0.4, -0.2) is 72.4 Å². The van der Waals surface area contributed by atoms with Crippen LogP contribution >= 0.6 is 11.8 Å². The maximum absolute atomic E-state index is 12.9. The Balaban J connectivity index is 1.53. The first-order chi connectivity index (χ1) is 14.9. The molecule has 0 aliphatic carbocycles. The molecule has 0 saturated carbocycles. The molecule has 8 heteroatoms. The smallest absolute Gasteiger partial charge is 0.321 e. The number of anilines is 1. The van der Waals surface area contributed by atoms with Crippen LogP contribution in [-0.2, 0) is 9.59 Å². The zero-order chi connectivity index (χ0) is 22.4. The van der Waals surface area contributed by atoms with Crippen molar-refractivity contribution in [2.75, 3.05) is 43.5 Å². The van der Waals surface area contributed by atoms with Crippen molar-refractivity contribution in [2.24, 2.45) is 5.41 Å². The lowest BCUT2D eigenvalue weighted by Crippen LogP contribution is -2.48. The van der Waals surface area contributed by atoms with Gasteiger partial charge in [0.1, 0.15) is 6.04 Å². The Morgan fingerprint density at radius 3 is 2.45 bits per heavy atom. The Labute approximate surface area is 189 Å². The van der Waals surface area contributed by atoms with Crippen molar-refractivity contribution < 1.29 is 14.4 Å². The first-order valence-electron chi connectivity index (χ1n) is 11.0. The normalized spacial score (nSPS) is 18.7. The molecular formula is C23H34N4O3S. The number of urea groups is 1. The van der Waals surface area contributed by atoms with Crippen LogP contribution in [0.25, 0.3) is 0 Å². The van der Waals surface area contributed by atoms with Crippen LogP contribution in [0.15, 0.2) is 18.2 Å². The zero-order valence-corrected chi connectivity index (χ0v) is 19.6. The third kappa shape index (κ3) is 5.73. The van der Waals surface area contributed by atoms with Crippen molar-refractivity contribution in [3.05, 3.63) is 29.3 Å². The second kappa shape index (κ2) is 10.4. The van der Waals surface area contributed by atoms with Gasteiger partial charge in [-0.15, -0.1) is 0 Å². The first kappa shape index (κ1) is 23.4. The quantitative estimate of drug-likeness (QED) is 0.631. The summed E-state index contributed by atoms with van der Waals surface area (Å²) in [5.74, 6) is 0.855. The third-order valence-electron chi connectivity index (χ3n) is 6.66. The van der Waals surface area contributed by atoms with E-state index >= 15 is 0 Å². The summed E-state index contributed by atoms with van der Waals surface area (Å²) in [7, 11) is 0. The summed E-state index contributed by atoms with van der Waals surface area (Å²) in [6.45, 7) is 6.88. The van der Waals surface area contributed by atoms with E-state index in [1.54, 1.807) is 11.8 Å². The van der Waals surface area contributed by atoms with Crippen LogP contribution in [0.5, 0.6) is 0 Å². The van der Waals surface area contributed by atoms with E-state index in [0.29, 0.717) is 32.5 Å². The minimum Gasteiger partial charge on any atom is -0.347 e. The predicted molar refractivity (Wildman–Crippen MR) is 125 cm³/mol. The lowest BCUT2D eigenvalue weighted by molar-refractivity contribution is -0.134. The molecule has 0 bridgehead atoms. The molecule has 2 aliphatic heterocycles. The number of thioether (sulfide) groups is 1. The molecule has 1 atom stereocenters. The van der Waals surface area contributed by atoms with Gasteiger partial charge in [0.25, 0.3) is 0 Å².